The number of hydrogen-bond acceptors (Lipinski definition) is 8. The fourth-order valence-corrected chi connectivity index (χ4v) is 2.84. The summed E-state index contributed by atoms with van der Waals surface area (Å²) in [6, 6.07) is 13.5. The van der Waals surface area contributed by atoms with Crippen molar-refractivity contribution in [1.29, 1.82) is 0 Å². The number of aromatic nitrogens is 5. The molecule has 0 aliphatic heterocycles. The first kappa shape index (κ1) is 23.3. The Balaban J connectivity index is 0.000000523. The Kier molecular flexibility index (Phi) is 7.53. The Morgan fingerprint density at radius 3 is 2.50 bits per heavy atom. The Labute approximate surface area is 188 Å². The molecule has 0 radical (unpaired) electrons. The van der Waals surface area contributed by atoms with Crippen LogP contribution in [0.5, 0.6) is 6.01 Å². The third-order valence-corrected chi connectivity index (χ3v) is 4.27. The molecule has 0 saturated heterocycles. The van der Waals surface area contributed by atoms with Crippen LogP contribution in [0.15, 0.2) is 59.4 Å². The van der Waals surface area contributed by atoms with Crippen LogP contribution in [0.3, 0.4) is 0 Å². The van der Waals surface area contributed by atoms with E-state index >= 15 is 0 Å². The molecule has 0 atom stereocenters. The van der Waals surface area contributed by atoms with Gasteiger partial charge in [0, 0.05) is 48.1 Å². The summed E-state index contributed by atoms with van der Waals surface area (Å²) in [6.07, 6.45) is 4.01. The van der Waals surface area contributed by atoms with Crippen LogP contribution in [-0.4, -0.2) is 49.0 Å². The minimum atomic E-state index is -4.67. The predicted molar refractivity (Wildman–Crippen MR) is 115 cm³/mol. The van der Waals surface area contributed by atoms with Crippen LogP contribution in [0.4, 0.5) is 0 Å². The molecule has 0 spiro atoms. The summed E-state index contributed by atoms with van der Waals surface area (Å²) in [5, 5.41) is 13.0. The number of nitrogens with zero attached hydrogens (tertiary/aromatic N) is 5. The van der Waals surface area contributed by atoms with Gasteiger partial charge in [0.05, 0.1) is 12.3 Å². The lowest BCUT2D eigenvalue weighted by molar-refractivity contribution is 0.282. The molecular formula is C19H18ClN5O6S. The van der Waals surface area contributed by atoms with E-state index in [9.17, 15) is 0 Å². The van der Waals surface area contributed by atoms with E-state index in [-0.39, 0.29) is 0 Å². The third-order valence-electron chi connectivity index (χ3n) is 4.03. The van der Waals surface area contributed by atoms with Gasteiger partial charge in [-0.1, -0.05) is 34.0 Å². The number of benzene rings is 1. The van der Waals surface area contributed by atoms with Crippen molar-refractivity contribution in [3.63, 3.8) is 0 Å². The standard InChI is InChI=1S/C19H16ClN5O2.H2O4S/c1-25-18(13-5-8-21-9-6-13)22-23-19(25)26-10-7-16-12-17(27-24-16)14-3-2-4-15(20)11-14;1-5(2,3)4/h2-6,8-9,11-12H,7,10H2,1H3;(H2,1,2,3,4). The zero-order valence-corrected chi connectivity index (χ0v) is 18.2. The minimum absolute atomic E-state index is 0.407. The molecule has 11 nitrogen and oxygen atoms in total. The van der Waals surface area contributed by atoms with Crippen LogP contribution in [-0.2, 0) is 23.9 Å². The summed E-state index contributed by atoms with van der Waals surface area (Å²) in [5.41, 5.74) is 2.61. The second-order valence-corrected chi connectivity index (χ2v) is 7.67. The van der Waals surface area contributed by atoms with Crippen molar-refractivity contribution in [3.05, 3.63) is 65.6 Å². The number of ether oxygens (including phenoxy) is 1. The molecule has 3 heterocycles. The summed E-state index contributed by atoms with van der Waals surface area (Å²) in [4.78, 5) is 4.01. The molecule has 0 aliphatic carbocycles. The topological polar surface area (TPSA) is 153 Å². The van der Waals surface area contributed by atoms with Gasteiger partial charge in [-0.05, 0) is 24.3 Å². The van der Waals surface area contributed by atoms with Gasteiger partial charge in [-0.25, -0.2) is 0 Å². The molecule has 0 saturated carbocycles. The van der Waals surface area contributed by atoms with Crippen LogP contribution in [0.2, 0.25) is 5.02 Å². The highest BCUT2D eigenvalue weighted by atomic mass is 35.5. The lowest BCUT2D eigenvalue weighted by Gasteiger charge is -2.05. The van der Waals surface area contributed by atoms with Gasteiger partial charge >= 0.3 is 16.4 Å². The van der Waals surface area contributed by atoms with Crippen LogP contribution < -0.4 is 4.74 Å². The van der Waals surface area contributed by atoms with E-state index in [1.165, 1.54) is 0 Å². The molecule has 4 rings (SSSR count). The molecule has 0 fully saturated rings. The van der Waals surface area contributed by atoms with Crippen molar-refractivity contribution in [1.82, 2.24) is 24.9 Å². The van der Waals surface area contributed by atoms with E-state index in [1.807, 2.05) is 49.5 Å². The molecule has 0 aliphatic rings. The van der Waals surface area contributed by atoms with Gasteiger partial charge in [-0.3, -0.25) is 18.7 Å². The van der Waals surface area contributed by atoms with Crippen molar-refractivity contribution >= 4 is 22.0 Å². The van der Waals surface area contributed by atoms with Crippen LogP contribution >= 0.6 is 11.6 Å². The molecule has 32 heavy (non-hydrogen) atoms. The van der Waals surface area contributed by atoms with E-state index in [2.05, 4.69) is 20.3 Å². The molecule has 168 valence electrons. The highest BCUT2D eigenvalue weighted by Gasteiger charge is 2.12. The molecule has 1 aromatic carbocycles. The highest BCUT2D eigenvalue weighted by Crippen LogP contribution is 2.24. The molecule has 2 N–H and O–H groups in total. The number of hydrogen-bond donors (Lipinski definition) is 2. The fourth-order valence-electron chi connectivity index (χ4n) is 2.65. The average Bonchev–Trinajstić information content (AvgIpc) is 3.35. The zero-order valence-electron chi connectivity index (χ0n) is 16.7. The average molecular weight is 480 g/mol. The summed E-state index contributed by atoms with van der Waals surface area (Å²) < 4.78 is 44.5. The first-order chi connectivity index (χ1) is 15.2. The minimum Gasteiger partial charge on any atom is -0.463 e. The van der Waals surface area contributed by atoms with Crippen LogP contribution in [0.25, 0.3) is 22.7 Å². The second-order valence-electron chi connectivity index (χ2n) is 6.34. The van der Waals surface area contributed by atoms with Crippen molar-refractivity contribution in [2.24, 2.45) is 7.05 Å². The van der Waals surface area contributed by atoms with Gasteiger partial charge in [0.15, 0.2) is 11.6 Å². The van der Waals surface area contributed by atoms with Crippen molar-refractivity contribution in [3.8, 4) is 28.7 Å². The fraction of sp³-hybridized carbons (Fsp3) is 0.158. The predicted octanol–water partition coefficient (Wildman–Crippen LogP) is 3.15. The maximum absolute atomic E-state index is 8.74. The van der Waals surface area contributed by atoms with Gasteiger partial charge < -0.3 is 9.26 Å². The monoisotopic (exact) mass is 479 g/mol. The van der Waals surface area contributed by atoms with Gasteiger partial charge in [0.25, 0.3) is 0 Å². The first-order valence-corrected chi connectivity index (χ1v) is 10.8. The molecular weight excluding hydrogens is 462 g/mol. The van der Waals surface area contributed by atoms with Gasteiger partial charge in [0.2, 0.25) is 0 Å². The van der Waals surface area contributed by atoms with Crippen molar-refractivity contribution < 1.29 is 26.8 Å². The summed E-state index contributed by atoms with van der Waals surface area (Å²) in [7, 11) is -2.81. The Morgan fingerprint density at radius 2 is 1.81 bits per heavy atom. The number of rotatable bonds is 6. The maximum atomic E-state index is 8.74. The van der Waals surface area contributed by atoms with E-state index in [0.717, 1.165) is 22.6 Å². The molecule has 13 heteroatoms. The third kappa shape index (κ3) is 6.85. The molecule has 0 unspecified atom stereocenters. The smallest absolute Gasteiger partial charge is 0.394 e. The van der Waals surface area contributed by atoms with Gasteiger partial charge in [0.1, 0.15) is 0 Å². The largest absolute Gasteiger partial charge is 0.463 e. The first-order valence-electron chi connectivity index (χ1n) is 9.04. The number of halogens is 1. The maximum Gasteiger partial charge on any atom is 0.394 e. The molecule has 0 amide bonds. The highest BCUT2D eigenvalue weighted by molar-refractivity contribution is 7.79. The summed E-state index contributed by atoms with van der Waals surface area (Å²) >= 11 is 6.01. The SMILES string of the molecule is Cn1c(OCCc2cc(-c3cccc(Cl)c3)on2)nnc1-c1ccncc1.O=S(=O)(O)O. The van der Waals surface area contributed by atoms with Crippen molar-refractivity contribution in [2.45, 2.75) is 6.42 Å². The lowest BCUT2D eigenvalue weighted by atomic mass is 10.1. The van der Waals surface area contributed by atoms with Crippen LogP contribution in [0, 0.1) is 0 Å². The van der Waals surface area contributed by atoms with E-state index in [1.54, 1.807) is 17.0 Å². The van der Waals surface area contributed by atoms with E-state index < -0.39 is 10.4 Å². The Bertz CT molecular complexity index is 1270. The zero-order chi connectivity index (χ0) is 23.1. The number of pyridine rings is 1. The second kappa shape index (κ2) is 10.3. The van der Waals surface area contributed by atoms with E-state index in [0.29, 0.717) is 29.8 Å². The van der Waals surface area contributed by atoms with Crippen LogP contribution in [0.1, 0.15) is 5.69 Å². The lowest BCUT2D eigenvalue weighted by Crippen LogP contribution is -2.06. The van der Waals surface area contributed by atoms with Gasteiger partial charge in [-0.2, -0.15) is 8.42 Å². The molecule has 3 aromatic heterocycles. The van der Waals surface area contributed by atoms with E-state index in [4.69, 9.17) is 38.4 Å². The summed E-state index contributed by atoms with van der Waals surface area (Å²) in [5.74, 6) is 1.39. The quantitative estimate of drug-likeness (QED) is 0.394. The Morgan fingerprint density at radius 1 is 1.09 bits per heavy atom. The van der Waals surface area contributed by atoms with Gasteiger partial charge in [-0.15, -0.1) is 5.10 Å². The van der Waals surface area contributed by atoms with Crippen molar-refractivity contribution in [2.75, 3.05) is 6.61 Å². The Hall–Kier alpha value is -3.32. The molecule has 0 bridgehead atoms. The molecule has 4 aromatic rings. The summed E-state index contributed by atoms with van der Waals surface area (Å²) in [6.45, 7) is 0.407. The normalized spacial score (nSPS) is 11.0.